The number of esters is 1. The minimum Gasteiger partial charge on any atom is -0.458 e. The Morgan fingerprint density at radius 1 is 0.789 bits per heavy atom. The smallest absolute Gasteiger partial charge is 0.407 e. The lowest BCUT2D eigenvalue weighted by molar-refractivity contribution is -0.172. The number of hydrogen-bond donors (Lipinski definition) is 6. The van der Waals surface area contributed by atoms with Gasteiger partial charge in [0.1, 0.15) is 31.1 Å². The number of carbonyl (C=O) groups is 6. The molecule has 95 heavy (non-hydrogen) atoms. The number of pyridine rings is 2. The van der Waals surface area contributed by atoms with E-state index in [9.17, 15) is 38.7 Å². The first-order valence-electron chi connectivity index (χ1n) is 33.0. The number of alkyl carbamates (subject to hydrolysis) is 1. The van der Waals surface area contributed by atoms with Gasteiger partial charge in [-0.15, -0.1) is 0 Å². The van der Waals surface area contributed by atoms with Gasteiger partial charge in [0.25, 0.3) is 5.56 Å². The number of cyclic esters (lactones) is 1. The van der Waals surface area contributed by atoms with E-state index in [1.54, 1.807) is 52.3 Å². The lowest BCUT2D eigenvalue weighted by atomic mass is 9.81. The van der Waals surface area contributed by atoms with Crippen molar-refractivity contribution in [1.82, 2.24) is 30.4 Å². The maximum absolute atomic E-state index is 15.7. The highest BCUT2D eigenvalue weighted by Gasteiger charge is 2.46. The second-order valence-electron chi connectivity index (χ2n) is 24.8. The van der Waals surface area contributed by atoms with E-state index < -0.39 is 59.0 Å². The summed E-state index contributed by atoms with van der Waals surface area (Å²) < 4.78 is 72.1. The van der Waals surface area contributed by atoms with Gasteiger partial charge in [-0.2, -0.15) is 0 Å². The fourth-order valence-electron chi connectivity index (χ4n) is 12.4. The number of amides is 5. The van der Waals surface area contributed by atoms with E-state index in [-0.39, 0.29) is 93.7 Å². The molecule has 2 aliphatic carbocycles. The number of hydrogen-bond acceptors (Lipinski definition) is 20. The number of aliphatic hydroxyl groups is 1. The maximum Gasteiger partial charge on any atom is 0.407 e. The van der Waals surface area contributed by atoms with E-state index in [1.807, 2.05) is 13.8 Å². The molecular weight excluding hydrogens is 1240 g/mol. The number of halogens is 1. The highest BCUT2D eigenvalue weighted by molar-refractivity contribution is 5.98. The molecule has 1 fully saturated rings. The van der Waals surface area contributed by atoms with Gasteiger partial charge in [-0.25, -0.2) is 19.0 Å². The lowest BCUT2D eigenvalue weighted by Crippen LogP contribution is -2.54. The number of rotatable bonds is 38. The number of nitrogens with one attached hydrogen (secondary N) is 4. The summed E-state index contributed by atoms with van der Waals surface area (Å²) >= 11 is 0. The van der Waals surface area contributed by atoms with Gasteiger partial charge in [-0.3, -0.25) is 24.0 Å². The molecule has 5 amide bonds. The van der Waals surface area contributed by atoms with Gasteiger partial charge >= 0.3 is 12.1 Å². The second kappa shape index (κ2) is 35.8. The number of anilines is 1. The summed E-state index contributed by atoms with van der Waals surface area (Å²) in [5.74, 6) is -3.00. The predicted octanol–water partition coefficient (Wildman–Crippen LogP) is 4.90. The van der Waals surface area contributed by atoms with Crippen LogP contribution in [-0.2, 0) is 110 Å². The number of nitrogens with zero attached hydrogens (tertiary/aromatic N) is 3. The normalized spacial score (nSPS) is 18.5. The molecule has 2 aliphatic heterocycles. The van der Waals surface area contributed by atoms with E-state index >= 15 is 4.39 Å². The molecule has 0 radical (unpaired) electrons. The van der Waals surface area contributed by atoms with Crippen LogP contribution in [0.15, 0.2) is 35.1 Å². The monoisotopic (exact) mass is 1330 g/mol. The first-order valence-corrected chi connectivity index (χ1v) is 33.0. The summed E-state index contributed by atoms with van der Waals surface area (Å²) in [4.78, 5) is 102. The van der Waals surface area contributed by atoms with E-state index in [4.69, 9.17) is 58.1 Å². The highest BCUT2D eigenvalue weighted by Crippen LogP contribution is 2.46. The van der Waals surface area contributed by atoms with Crippen molar-refractivity contribution in [2.24, 2.45) is 23.5 Å². The van der Waals surface area contributed by atoms with Gasteiger partial charge in [-0.05, 0) is 123 Å². The minimum atomic E-state index is -2.07. The Labute approximate surface area is 553 Å². The number of nitrogens with two attached hydrogens (primary N) is 1. The van der Waals surface area contributed by atoms with Crippen molar-refractivity contribution in [2.45, 2.75) is 136 Å². The van der Waals surface area contributed by atoms with Crippen LogP contribution in [0.25, 0.3) is 22.3 Å². The van der Waals surface area contributed by atoms with Crippen LogP contribution in [0.1, 0.15) is 123 Å². The zero-order chi connectivity index (χ0) is 68.2. The van der Waals surface area contributed by atoms with Gasteiger partial charge in [0.15, 0.2) is 5.60 Å². The second-order valence-corrected chi connectivity index (χ2v) is 24.8. The van der Waals surface area contributed by atoms with E-state index in [0.29, 0.717) is 173 Å². The van der Waals surface area contributed by atoms with E-state index in [2.05, 4.69) is 21.3 Å². The Hall–Kier alpha value is -7.05. The summed E-state index contributed by atoms with van der Waals surface area (Å²) in [6, 6.07) is 5.21. The molecule has 1 saturated carbocycles. The summed E-state index contributed by atoms with van der Waals surface area (Å²) in [5.41, 5.74) is 8.29. The fraction of sp³-hybridized carbons (Fsp3) is 0.618. The topological polar surface area (TPSA) is 327 Å². The van der Waals surface area contributed by atoms with Crippen molar-refractivity contribution in [2.75, 3.05) is 125 Å². The van der Waals surface area contributed by atoms with Crippen LogP contribution in [-0.4, -0.2) is 187 Å². The van der Waals surface area contributed by atoms with Crippen LogP contribution in [0.2, 0.25) is 0 Å². The van der Waals surface area contributed by atoms with Gasteiger partial charge in [0.05, 0.1) is 141 Å². The predicted molar refractivity (Wildman–Crippen MR) is 346 cm³/mol. The molecule has 2 aromatic carbocycles. The molecule has 26 nitrogen and oxygen atoms in total. The molecule has 0 saturated heterocycles. The number of aryl methyl sites for hydroxylation is 1. The van der Waals surface area contributed by atoms with Crippen LogP contribution in [0.4, 0.5) is 14.9 Å². The van der Waals surface area contributed by atoms with Gasteiger partial charge < -0.3 is 88.9 Å². The van der Waals surface area contributed by atoms with Crippen molar-refractivity contribution in [1.29, 1.82) is 0 Å². The molecule has 4 aliphatic rings. The average molecular weight is 1330 g/mol. The number of carbonyl (C=O) groups excluding carboxylic acids is 6. The number of aromatic nitrogens is 2. The summed E-state index contributed by atoms with van der Waals surface area (Å²) in [6.45, 7) is 14.5. The third-order valence-electron chi connectivity index (χ3n) is 18.0. The number of fused-ring (bicyclic) bond motifs is 5. The fourth-order valence-corrected chi connectivity index (χ4v) is 12.4. The van der Waals surface area contributed by atoms with Crippen molar-refractivity contribution in [3.63, 3.8) is 0 Å². The van der Waals surface area contributed by atoms with Crippen LogP contribution in [0, 0.1) is 30.5 Å². The van der Waals surface area contributed by atoms with Crippen LogP contribution >= 0.6 is 0 Å². The zero-order valence-corrected chi connectivity index (χ0v) is 55.8. The van der Waals surface area contributed by atoms with E-state index in [1.165, 1.54) is 22.5 Å². The van der Waals surface area contributed by atoms with Gasteiger partial charge in [0.2, 0.25) is 23.6 Å². The molecule has 4 heterocycles. The quantitative estimate of drug-likeness (QED) is 0.0226. The average Bonchev–Trinajstić information content (AvgIpc) is 1.62. The Balaban J connectivity index is 0.873. The SMILES string of the molecule is CC[C@@]1(O)C(=O)OCc2c1cc1n(c2=O)Cc2c-1nc1cc(F)c(C)c3c1c2[C@@H](NC(=O)OCc1ccc(NC(=O)[C@H](C)NC(=O)[C@@H](NC(=O)C2CCC(CN)CC2)C(C)C)cc1CN(C)C(=O)CCOCCOCCOCCOCCOCCOCCOCCOC)CC3. The van der Waals surface area contributed by atoms with Gasteiger partial charge in [-0.1, -0.05) is 26.8 Å². The third kappa shape index (κ3) is 19.2. The molecule has 7 N–H and O–H groups in total. The van der Waals surface area contributed by atoms with Gasteiger partial charge in [0, 0.05) is 54.9 Å². The molecule has 0 unspecified atom stereocenters. The van der Waals surface area contributed by atoms with Crippen LogP contribution < -0.4 is 32.6 Å². The molecule has 27 heteroatoms. The lowest BCUT2D eigenvalue weighted by Gasteiger charge is -2.31. The van der Waals surface area contributed by atoms with E-state index in [0.717, 1.165) is 18.4 Å². The number of methoxy groups -OCH3 is 1. The minimum absolute atomic E-state index is 0.0129. The van der Waals surface area contributed by atoms with Crippen molar-refractivity contribution >= 4 is 52.3 Å². The molecular formula is C68H95FN8O18. The Morgan fingerprint density at radius 3 is 1.99 bits per heavy atom. The Bertz CT molecular complexity index is 3380. The maximum atomic E-state index is 15.7. The van der Waals surface area contributed by atoms with Crippen molar-refractivity contribution in [3.05, 3.63) is 91.0 Å². The Kier molecular flexibility index (Phi) is 27.8. The molecule has 2 aromatic heterocycles. The summed E-state index contributed by atoms with van der Waals surface area (Å²) in [7, 11) is 3.24. The number of benzene rings is 2. The zero-order valence-electron chi connectivity index (χ0n) is 55.8. The molecule has 8 rings (SSSR count). The van der Waals surface area contributed by atoms with Crippen LogP contribution in [0.5, 0.6) is 0 Å². The van der Waals surface area contributed by atoms with Crippen molar-refractivity contribution in [3.8, 4) is 11.4 Å². The summed E-state index contributed by atoms with van der Waals surface area (Å²) in [5, 5.41) is 23.8. The molecule has 4 atom stereocenters. The number of ether oxygens (including phenoxy) is 10. The van der Waals surface area contributed by atoms with Crippen LogP contribution in [0.3, 0.4) is 0 Å². The standard InChI is InChI=1S/C68H95FN8O18/c1-8-68(85)52-34-56-61-50(38-77(56)65(82)51(52)40-94-66(68)83)59-54(16-15-49-42(4)53(69)35-55(73-61)58(49)59)74-67(84)95-39-46-13-14-48(72-62(79)43(5)71-64(81)60(41(2)3)75-63(80)45-11-9-44(36-70)10-12-45)33-47(46)37-76(6)57(78)17-18-87-21-22-89-25-26-91-29-30-93-32-31-92-28-27-90-24-23-88-20-19-86-7/h13-14,33-35,41,43-45,54,60,85H,8-12,15-32,36-40,70H2,1-7H3,(H,71,81)(H,72,79)(H,74,84)(H,75,80)/t43-,44?,45?,54-,60-,68-/m0/s1. The molecule has 0 bridgehead atoms. The summed E-state index contributed by atoms with van der Waals surface area (Å²) in [6.07, 6.45) is 2.93. The first kappa shape index (κ1) is 73.8. The van der Waals surface area contributed by atoms with Crippen molar-refractivity contribution < 1.29 is 85.6 Å². The largest absolute Gasteiger partial charge is 0.458 e. The molecule has 522 valence electrons. The highest BCUT2D eigenvalue weighted by atomic mass is 19.1. The Morgan fingerprint density at radius 2 is 1.40 bits per heavy atom. The first-order chi connectivity index (χ1) is 45.8. The third-order valence-corrected chi connectivity index (χ3v) is 18.0. The molecule has 0 spiro atoms. The molecule has 4 aromatic rings.